The number of ether oxygens (including phenoxy) is 1. The predicted molar refractivity (Wildman–Crippen MR) is 109 cm³/mol. The van der Waals surface area contributed by atoms with Gasteiger partial charge in [0.05, 0.1) is 16.6 Å². The number of benzene rings is 2. The van der Waals surface area contributed by atoms with E-state index in [9.17, 15) is 13.2 Å². The predicted octanol–water partition coefficient (Wildman–Crippen LogP) is 3.25. The molecular formula is C19H23BrN2O4S. The van der Waals surface area contributed by atoms with Gasteiger partial charge in [-0.2, -0.15) is 0 Å². The van der Waals surface area contributed by atoms with Gasteiger partial charge in [-0.25, -0.2) is 13.1 Å². The van der Waals surface area contributed by atoms with Crippen molar-refractivity contribution in [2.75, 3.05) is 13.1 Å². The van der Waals surface area contributed by atoms with Crippen LogP contribution in [0.5, 0.6) is 5.75 Å². The fourth-order valence-corrected chi connectivity index (χ4v) is 3.66. The van der Waals surface area contributed by atoms with Gasteiger partial charge >= 0.3 is 0 Å². The van der Waals surface area contributed by atoms with Crippen LogP contribution in [0.15, 0.2) is 51.8 Å². The third kappa shape index (κ3) is 6.34. The second-order valence-corrected chi connectivity index (χ2v) is 8.96. The van der Waals surface area contributed by atoms with Crippen LogP contribution in [0, 0.1) is 6.92 Å². The summed E-state index contributed by atoms with van der Waals surface area (Å²) in [5.41, 5.74) is 1.38. The van der Waals surface area contributed by atoms with Crippen molar-refractivity contribution in [1.82, 2.24) is 10.0 Å². The minimum Gasteiger partial charge on any atom is -0.490 e. The van der Waals surface area contributed by atoms with Crippen molar-refractivity contribution in [3.8, 4) is 5.75 Å². The second kappa shape index (κ2) is 9.34. The topological polar surface area (TPSA) is 84.5 Å². The average Bonchev–Trinajstić information content (AvgIpc) is 2.58. The first kappa shape index (κ1) is 21.4. The summed E-state index contributed by atoms with van der Waals surface area (Å²) in [4.78, 5) is 12.6. The van der Waals surface area contributed by atoms with Crippen LogP contribution in [0.4, 0.5) is 0 Å². The monoisotopic (exact) mass is 454 g/mol. The lowest BCUT2D eigenvalue weighted by atomic mass is 10.2. The average molecular weight is 455 g/mol. The lowest BCUT2D eigenvalue weighted by molar-refractivity contribution is 0.0948. The maximum atomic E-state index is 12.4. The molecule has 2 aromatic carbocycles. The van der Waals surface area contributed by atoms with Gasteiger partial charge in [-0.1, -0.05) is 33.6 Å². The Balaban J connectivity index is 1.94. The number of halogens is 1. The summed E-state index contributed by atoms with van der Waals surface area (Å²) in [7, 11) is -3.60. The van der Waals surface area contributed by atoms with Gasteiger partial charge in [0.2, 0.25) is 10.0 Å². The Labute approximate surface area is 168 Å². The molecule has 27 heavy (non-hydrogen) atoms. The number of carbonyl (C=O) groups excluding carboxylic acids is 1. The summed E-state index contributed by atoms with van der Waals surface area (Å²) in [6, 6.07) is 11.7. The van der Waals surface area contributed by atoms with Crippen LogP contribution in [0.3, 0.4) is 0 Å². The molecule has 2 aromatic rings. The Morgan fingerprint density at radius 3 is 2.41 bits per heavy atom. The van der Waals surface area contributed by atoms with Crippen LogP contribution in [0.25, 0.3) is 0 Å². The van der Waals surface area contributed by atoms with E-state index in [4.69, 9.17) is 4.74 Å². The van der Waals surface area contributed by atoms with Crippen LogP contribution < -0.4 is 14.8 Å². The molecule has 0 radical (unpaired) electrons. The molecule has 146 valence electrons. The molecule has 2 N–H and O–H groups in total. The lowest BCUT2D eigenvalue weighted by Crippen LogP contribution is -2.35. The molecule has 0 bridgehead atoms. The summed E-state index contributed by atoms with van der Waals surface area (Å²) in [5.74, 6) is 0.143. The summed E-state index contributed by atoms with van der Waals surface area (Å²) < 4.78 is 33.4. The Kier molecular flexibility index (Phi) is 7.41. The van der Waals surface area contributed by atoms with Gasteiger partial charge < -0.3 is 10.1 Å². The zero-order valence-electron chi connectivity index (χ0n) is 15.5. The van der Waals surface area contributed by atoms with Gasteiger partial charge in [0.25, 0.3) is 5.91 Å². The minimum absolute atomic E-state index is 0.0767. The van der Waals surface area contributed by atoms with Gasteiger partial charge in [0, 0.05) is 17.6 Å². The summed E-state index contributed by atoms with van der Waals surface area (Å²) in [6.07, 6.45) is -0.0767. The summed E-state index contributed by atoms with van der Waals surface area (Å²) in [5, 5.41) is 2.70. The van der Waals surface area contributed by atoms with Crippen molar-refractivity contribution >= 4 is 31.9 Å². The van der Waals surface area contributed by atoms with Gasteiger partial charge in [-0.05, 0) is 51.1 Å². The van der Waals surface area contributed by atoms with E-state index in [0.717, 1.165) is 10.0 Å². The van der Waals surface area contributed by atoms with E-state index < -0.39 is 10.0 Å². The van der Waals surface area contributed by atoms with E-state index in [1.54, 1.807) is 42.5 Å². The number of hydrogen-bond donors (Lipinski definition) is 2. The third-order valence-electron chi connectivity index (χ3n) is 3.58. The van der Waals surface area contributed by atoms with E-state index in [1.165, 1.54) is 0 Å². The molecule has 8 heteroatoms. The molecule has 0 atom stereocenters. The van der Waals surface area contributed by atoms with Crippen LogP contribution in [-0.2, 0) is 10.0 Å². The third-order valence-corrected chi connectivity index (χ3v) is 5.56. The highest BCUT2D eigenvalue weighted by atomic mass is 79.9. The van der Waals surface area contributed by atoms with E-state index in [-0.39, 0.29) is 30.0 Å². The van der Waals surface area contributed by atoms with Gasteiger partial charge in [0.15, 0.2) is 0 Å². The molecule has 0 aliphatic rings. The molecule has 1 amide bonds. The number of carbonyl (C=O) groups is 1. The normalized spacial score (nSPS) is 11.4. The second-order valence-electron chi connectivity index (χ2n) is 6.27. The van der Waals surface area contributed by atoms with Crippen molar-refractivity contribution in [3.05, 3.63) is 58.1 Å². The van der Waals surface area contributed by atoms with Crippen molar-refractivity contribution in [1.29, 1.82) is 0 Å². The summed E-state index contributed by atoms with van der Waals surface area (Å²) >= 11 is 3.36. The molecule has 2 rings (SSSR count). The van der Waals surface area contributed by atoms with Crippen molar-refractivity contribution < 1.29 is 17.9 Å². The number of hydrogen-bond acceptors (Lipinski definition) is 4. The molecule has 0 aromatic heterocycles. The van der Waals surface area contributed by atoms with Crippen molar-refractivity contribution in [2.45, 2.75) is 31.8 Å². The zero-order valence-corrected chi connectivity index (χ0v) is 17.9. The summed E-state index contributed by atoms with van der Waals surface area (Å²) in [6.45, 7) is 5.88. The van der Waals surface area contributed by atoms with Crippen LogP contribution in [-0.4, -0.2) is 33.5 Å². The molecule has 0 aliphatic carbocycles. The Morgan fingerprint density at radius 2 is 1.78 bits per heavy atom. The molecule has 0 fully saturated rings. The Bertz CT molecular complexity index is 896. The molecule has 0 spiro atoms. The molecule has 0 unspecified atom stereocenters. The van der Waals surface area contributed by atoms with E-state index in [0.29, 0.717) is 11.3 Å². The first-order valence-corrected chi connectivity index (χ1v) is 10.8. The maximum Gasteiger partial charge on any atom is 0.255 e. The minimum atomic E-state index is -3.60. The van der Waals surface area contributed by atoms with Gasteiger partial charge in [-0.15, -0.1) is 0 Å². The highest BCUT2D eigenvalue weighted by Crippen LogP contribution is 2.24. The maximum absolute atomic E-state index is 12.4. The standard InChI is InChI=1S/C19H23BrN2O4S/c1-13(2)26-18-12-15(20)6-9-17(18)19(23)21-10-11-22-27(24,25)16-7-4-14(3)5-8-16/h4-9,12-13,22H,10-11H2,1-3H3,(H,21,23). The number of sulfonamides is 1. The van der Waals surface area contributed by atoms with Gasteiger partial charge in [-0.3, -0.25) is 4.79 Å². The molecule has 0 saturated carbocycles. The smallest absolute Gasteiger partial charge is 0.255 e. The highest BCUT2D eigenvalue weighted by Gasteiger charge is 2.15. The first-order valence-electron chi connectivity index (χ1n) is 8.50. The number of nitrogens with one attached hydrogen (secondary N) is 2. The van der Waals surface area contributed by atoms with Crippen LogP contribution >= 0.6 is 15.9 Å². The van der Waals surface area contributed by atoms with E-state index >= 15 is 0 Å². The fourth-order valence-electron chi connectivity index (χ4n) is 2.29. The number of aryl methyl sites for hydroxylation is 1. The fraction of sp³-hybridized carbons (Fsp3) is 0.316. The molecule has 6 nitrogen and oxygen atoms in total. The van der Waals surface area contributed by atoms with Gasteiger partial charge in [0.1, 0.15) is 5.75 Å². The lowest BCUT2D eigenvalue weighted by Gasteiger charge is -2.15. The highest BCUT2D eigenvalue weighted by molar-refractivity contribution is 9.10. The van der Waals surface area contributed by atoms with E-state index in [1.807, 2.05) is 20.8 Å². The largest absolute Gasteiger partial charge is 0.490 e. The van der Waals surface area contributed by atoms with Crippen molar-refractivity contribution in [2.24, 2.45) is 0 Å². The number of rotatable bonds is 8. The van der Waals surface area contributed by atoms with Crippen LogP contribution in [0.2, 0.25) is 0 Å². The zero-order chi connectivity index (χ0) is 20.0. The SMILES string of the molecule is Cc1ccc(S(=O)(=O)NCCNC(=O)c2ccc(Br)cc2OC(C)C)cc1. The van der Waals surface area contributed by atoms with E-state index in [2.05, 4.69) is 26.0 Å². The Hall–Kier alpha value is -1.90. The quantitative estimate of drug-likeness (QED) is 0.599. The molecule has 0 heterocycles. The number of amides is 1. The molecular weight excluding hydrogens is 432 g/mol. The molecule has 0 saturated heterocycles. The van der Waals surface area contributed by atoms with Crippen molar-refractivity contribution in [3.63, 3.8) is 0 Å². The molecule has 0 aliphatic heterocycles. The Morgan fingerprint density at radius 1 is 1.11 bits per heavy atom. The first-order chi connectivity index (χ1) is 12.7. The van der Waals surface area contributed by atoms with Crippen LogP contribution in [0.1, 0.15) is 29.8 Å².